The Morgan fingerprint density at radius 3 is 2.67 bits per heavy atom. The van der Waals surface area contributed by atoms with Crippen LogP contribution in [-0.4, -0.2) is 65.0 Å². The Labute approximate surface area is 142 Å². The predicted molar refractivity (Wildman–Crippen MR) is 86.4 cm³/mol. The number of aromatic nitrogens is 4. The monoisotopic (exact) mass is 352 g/mol. The van der Waals surface area contributed by atoms with E-state index >= 15 is 0 Å². The molecule has 4 rings (SSSR count). The molecule has 2 aliphatic rings. The van der Waals surface area contributed by atoms with Gasteiger partial charge in [0.1, 0.15) is 35.2 Å². The number of nitrogens with zero attached hydrogens (tertiary/aromatic N) is 4. The van der Waals surface area contributed by atoms with E-state index in [0.717, 1.165) is 5.03 Å². The van der Waals surface area contributed by atoms with Crippen molar-refractivity contribution >= 4 is 22.9 Å². The molecule has 2 fully saturated rings. The van der Waals surface area contributed by atoms with Crippen LogP contribution in [0.25, 0.3) is 11.2 Å². The molecule has 0 aromatic carbocycles. The fourth-order valence-electron chi connectivity index (χ4n) is 3.38. The summed E-state index contributed by atoms with van der Waals surface area (Å²) in [5.41, 5.74) is 1.23. The average Bonchev–Trinajstić information content (AvgIpc) is 3.30. The van der Waals surface area contributed by atoms with E-state index in [9.17, 15) is 15.3 Å². The van der Waals surface area contributed by atoms with E-state index in [1.807, 2.05) is 0 Å². The highest BCUT2D eigenvalue weighted by molar-refractivity contribution is 8.00. The number of aliphatic hydroxyl groups is 3. The standard InChI is InChI=1S/C15H20N4O4S/c20-5-9-11(21)12(22)15(23-9)19-7-18-10-13(19)16-6-17-14(10)24-8-3-1-2-4-8/h6-9,11-12,15,20-22H,1-5H2. The molecule has 9 heteroatoms. The van der Waals surface area contributed by atoms with Crippen LogP contribution < -0.4 is 0 Å². The summed E-state index contributed by atoms with van der Waals surface area (Å²) >= 11 is 1.72. The lowest BCUT2D eigenvalue weighted by molar-refractivity contribution is -0.0511. The molecule has 0 amide bonds. The van der Waals surface area contributed by atoms with Crippen LogP contribution in [-0.2, 0) is 4.74 Å². The first-order valence-electron chi connectivity index (χ1n) is 8.15. The Bertz CT molecular complexity index is 721. The SMILES string of the molecule is OCC1OC(n2cnc3c(SC4CCCC4)ncnc32)C(O)C1O. The molecule has 0 radical (unpaired) electrons. The van der Waals surface area contributed by atoms with Crippen LogP contribution in [0.1, 0.15) is 31.9 Å². The molecule has 1 aliphatic heterocycles. The Morgan fingerprint density at radius 2 is 1.96 bits per heavy atom. The van der Waals surface area contributed by atoms with E-state index in [-0.39, 0.29) is 6.61 Å². The van der Waals surface area contributed by atoms with Gasteiger partial charge >= 0.3 is 0 Å². The molecule has 8 nitrogen and oxygen atoms in total. The number of hydrogen-bond donors (Lipinski definition) is 3. The van der Waals surface area contributed by atoms with Gasteiger partial charge in [-0.15, -0.1) is 11.8 Å². The molecule has 24 heavy (non-hydrogen) atoms. The molecule has 2 aromatic heterocycles. The Kier molecular flexibility index (Phi) is 4.44. The van der Waals surface area contributed by atoms with Crippen LogP contribution in [0.3, 0.4) is 0 Å². The van der Waals surface area contributed by atoms with Crippen molar-refractivity contribution in [3.63, 3.8) is 0 Å². The van der Waals surface area contributed by atoms with Gasteiger partial charge in [0.25, 0.3) is 0 Å². The lowest BCUT2D eigenvalue weighted by Gasteiger charge is -2.16. The molecular formula is C15H20N4O4S. The molecule has 3 N–H and O–H groups in total. The molecule has 1 aliphatic carbocycles. The molecule has 3 heterocycles. The lowest BCUT2D eigenvalue weighted by atomic mass is 10.1. The van der Waals surface area contributed by atoms with Crippen molar-refractivity contribution < 1.29 is 20.1 Å². The third kappa shape index (κ3) is 2.70. The molecule has 0 bridgehead atoms. The highest BCUT2D eigenvalue weighted by Crippen LogP contribution is 2.37. The minimum Gasteiger partial charge on any atom is -0.394 e. The summed E-state index contributed by atoms with van der Waals surface area (Å²) in [6.45, 7) is -0.362. The number of rotatable bonds is 4. The summed E-state index contributed by atoms with van der Waals surface area (Å²) in [7, 11) is 0. The van der Waals surface area contributed by atoms with Crippen LogP contribution in [0.15, 0.2) is 17.7 Å². The second-order valence-electron chi connectivity index (χ2n) is 6.26. The van der Waals surface area contributed by atoms with Crippen molar-refractivity contribution in [1.82, 2.24) is 19.5 Å². The van der Waals surface area contributed by atoms with Gasteiger partial charge in [0.15, 0.2) is 11.9 Å². The van der Waals surface area contributed by atoms with E-state index in [1.54, 1.807) is 22.7 Å². The fourth-order valence-corrected chi connectivity index (χ4v) is 4.63. The smallest absolute Gasteiger partial charge is 0.166 e. The summed E-state index contributed by atoms with van der Waals surface area (Å²) in [4.78, 5) is 13.0. The van der Waals surface area contributed by atoms with Crippen molar-refractivity contribution in [2.75, 3.05) is 6.61 Å². The van der Waals surface area contributed by atoms with E-state index in [4.69, 9.17) is 4.74 Å². The maximum absolute atomic E-state index is 10.2. The number of thioether (sulfide) groups is 1. The van der Waals surface area contributed by atoms with Gasteiger partial charge in [0.05, 0.1) is 12.9 Å². The van der Waals surface area contributed by atoms with Gasteiger partial charge in [-0.25, -0.2) is 15.0 Å². The summed E-state index contributed by atoms with van der Waals surface area (Å²) in [5.74, 6) is 0. The second-order valence-corrected chi connectivity index (χ2v) is 7.55. The maximum Gasteiger partial charge on any atom is 0.166 e. The molecule has 0 spiro atoms. The summed E-state index contributed by atoms with van der Waals surface area (Å²) in [6, 6.07) is 0. The average molecular weight is 352 g/mol. The van der Waals surface area contributed by atoms with Crippen LogP contribution in [0, 0.1) is 0 Å². The molecule has 4 unspecified atom stereocenters. The lowest BCUT2D eigenvalue weighted by Crippen LogP contribution is -2.33. The number of ether oxygens (including phenoxy) is 1. The number of imidazole rings is 1. The molecular weight excluding hydrogens is 332 g/mol. The Morgan fingerprint density at radius 1 is 1.17 bits per heavy atom. The van der Waals surface area contributed by atoms with E-state index < -0.39 is 24.5 Å². The van der Waals surface area contributed by atoms with Crippen molar-refractivity contribution in [1.29, 1.82) is 0 Å². The molecule has 130 valence electrons. The molecule has 2 aromatic rings. The van der Waals surface area contributed by atoms with Crippen LogP contribution in [0.4, 0.5) is 0 Å². The minimum atomic E-state index is -1.15. The molecule has 1 saturated heterocycles. The predicted octanol–water partition coefficient (Wildman–Crippen LogP) is 0.472. The normalized spacial score (nSPS) is 31.3. The molecule has 1 saturated carbocycles. The first-order chi connectivity index (χ1) is 11.7. The second kappa shape index (κ2) is 6.57. The first kappa shape index (κ1) is 16.2. The van der Waals surface area contributed by atoms with Crippen LogP contribution in [0.2, 0.25) is 0 Å². The zero-order chi connectivity index (χ0) is 16.7. The van der Waals surface area contributed by atoms with Gasteiger partial charge in [-0.2, -0.15) is 0 Å². The summed E-state index contributed by atoms with van der Waals surface area (Å²) in [6.07, 6.45) is 3.95. The topological polar surface area (TPSA) is 114 Å². The van der Waals surface area contributed by atoms with Gasteiger partial charge in [0, 0.05) is 5.25 Å². The van der Waals surface area contributed by atoms with E-state index in [1.165, 1.54) is 32.0 Å². The van der Waals surface area contributed by atoms with Gasteiger partial charge in [-0.1, -0.05) is 12.8 Å². The van der Waals surface area contributed by atoms with Crippen LogP contribution >= 0.6 is 11.8 Å². The number of aliphatic hydroxyl groups excluding tert-OH is 3. The van der Waals surface area contributed by atoms with Gasteiger partial charge in [-0.3, -0.25) is 4.57 Å². The fraction of sp³-hybridized carbons (Fsp3) is 0.667. The Hall–Kier alpha value is -1.26. The van der Waals surface area contributed by atoms with Crippen molar-refractivity contribution in [3.8, 4) is 0 Å². The maximum atomic E-state index is 10.2. The number of fused-ring (bicyclic) bond motifs is 1. The third-order valence-electron chi connectivity index (χ3n) is 4.70. The third-order valence-corrected chi connectivity index (χ3v) is 6.02. The van der Waals surface area contributed by atoms with E-state index in [0.29, 0.717) is 16.4 Å². The highest BCUT2D eigenvalue weighted by Gasteiger charge is 2.44. The van der Waals surface area contributed by atoms with Crippen LogP contribution in [0.5, 0.6) is 0 Å². The highest BCUT2D eigenvalue weighted by atomic mass is 32.2. The Balaban J connectivity index is 1.65. The van der Waals surface area contributed by atoms with Crippen molar-refractivity contribution in [3.05, 3.63) is 12.7 Å². The zero-order valence-corrected chi connectivity index (χ0v) is 13.8. The minimum absolute atomic E-state index is 0.362. The first-order valence-corrected chi connectivity index (χ1v) is 9.03. The number of hydrogen-bond acceptors (Lipinski definition) is 8. The van der Waals surface area contributed by atoms with Gasteiger partial charge in [-0.05, 0) is 12.8 Å². The zero-order valence-electron chi connectivity index (χ0n) is 13.0. The quantitative estimate of drug-likeness (QED) is 0.681. The molecule has 4 atom stereocenters. The largest absolute Gasteiger partial charge is 0.394 e. The summed E-state index contributed by atoms with van der Waals surface area (Å²) < 4.78 is 7.16. The van der Waals surface area contributed by atoms with Gasteiger partial charge < -0.3 is 20.1 Å². The summed E-state index contributed by atoms with van der Waals surface area (Å²) in [5, 5.41) is 30.8. The van der Waals surface area contributed by atoms with Crippen molar-refractivity contribution in [2.24, 2.45) is 0 Å². The van der Waals surface area contributed by atoms with Gasteiger partial charge in [0.2, 0.25) is 0 Å². The van der Waals surface area contributed by atoms with E-state index in [2.05, 4.69) is 15.0 Å². The van der Waals surface area contributed by atoms with Crippen molar-refractivity contribution in [2.45, 2.75) is 60.5 Å².